The van der Waals surface area contributed by atoms with Crippen LogP contribution in [0.1, 0.15) is 78.6 Å². The van der Waals surface area contributed by atoms with Gasteiger partial charge in [0.15, 0.2) is 5.79 Å². The van der Waals surface area contributed by atoms with Gasteiger partial charge in [-0.1, -0.05) is 13.8 Å². The van der Waals surface area contributed by atoms with Crippen LogP contribution in [0.2, 0.25) is 0 Å². The molecule has 5 aliphatic rings. The van der Waals surface area contributed by atoms with Gasteiger partial charge >= 0.3 is 5.97 Å². The summed E-state index contributed by atoms with van der Waals surface area (Å²) in [4.78, 5) is 11.4. The summed E-state index contributed by atoms with van der Waals surface area (Å²) in [6.07, 6.45) is 11.1. The minimum absolute atomic E-state index is 0.112. The van der Waals surface area contributed by atoms with Gasteiger partial charge < -0.3 is 14.2 Å². The van der Waals surface area contributed by atoms with Crippen molar-refractivity contribution in [3.8, 4) is 0 Å². The number of rotatable bonds is 1. The summed E-state index contributed by atoms with van der Waals surface area (Å²) in [6, 6.07) is 0. The number of hydrogen-bond donors (Lipinski definition) is 0. The average Bonchev–Trinajstić information content (AvgIpc) is 3.21. The highest BCUT2D eigenvalue weighted by Crippen LogP contribution is 2.69. The van der Waals surface area contributed by atoms with Crippen LogP contribution >= 0.6 is 0 Å². The lowest BCUT2D eigenvalue weighted by Gasteiger charge is -2.61. The van der Waals surface area contributed by atoms with Crippen LogP contribution in [0, 0.1) is 34.5 Å². The summed E-state index contributed by atoms with van der Waals surface area (Å²) in [7, 11) is 0. The molecule has 1 aliphatic heterocycles. The first kappa shape index (κ1) is 18.4. The minimum atomic E-state index is -0.284. The van der Waals surface area contributed by atoms with Crippen LogP contribution in [0.3, 0.4) is 0 Å². The average molecular weight is 377 g/mol. The van der Waals surface area contributed by atoms with Crippen molar-refractivity contribution >= 4 is 5.97 Å². The van der Waals surface area contributed by atoms with Crippen LogP contribution in [-0.2, 0) is 19.0 Å². The molecule has 7 atom stereocenters. The predicted octanol–water partition coefficient (Wildman–Crippen LogP) is 4.70. The largest absolute Gasteiger partial charge is 0.463 e. The first-order valence-electron chi connectivity index (χ1n) is 11.3. The number of carbonyl (C=O) groups excluding carboxylic acids is 1. The van der Waals surface area contributed by atoms with Crippen molar-refractivity contribution in [3.63, 3.8) is 0 Å². The summed E-state index contributed by atoms with van der Waals surface area (Å²) in [5.41, 5.74) is 0.622. The second-order valence-electron chi connectivity index (χ2n) is 10.6. The molecule has 152 valence electrons. The molecular formula is C23H36O4. The maximum atomic E-state index is 11.4. The summed E-state index contributed by atoms with van der Waals surface area (Å²) in [6.45, 7) is 8.13. The van der Waals surface area contributed by atoms with Crippen LogP contribution in [0.4, 0.5) is 0 Å². The molecule has 4 aliphatic carbocycles. The molecule has 0 aromatic heterocycles. The fourth-order valence-corrected chi connectivity index (χ4v) is 8.45. The van der Waals surface area contributed by atoms with Gasteiger partial charge in [-0.15, -0.1) is 0 Å². The molecule has 0 bridgehead atoms. The number of hydrogen-bond acceptors (Lipinski definition) is 4. The van der Waals surface area contributed by atoms with E-state index in [0.29, 0.717) is 5.41 Å². The van der Waals surface area contributed by atoms with E-state index in [4.69, 9.17) is 14.2 Å². The van der Waals surface area contributed by atoms with E-state index in [1.165, 1.54) is 38.5 Å². The molecule has 4 heteroatoms. The number of carbonyl (C=O) groups is 1. The highest BCUT2D eigenvalue weighted by molar-refractivity contribution is 5.66. The first-order chi connectivity index (χ1) is 12.9. The maximum Gasteiger partial charge on any atom is 0.302 e. The van der Waals surface area contributed by atoms with Crippen molar-refractivity contribution in [2.24, 2.45) is 34.5 Å². The zero-order chi connectivity index (χ0) is 18.9. The molecule has 4 nitrogen and oxygen atoms in total. The Balaban J connectivity index is 1.37. The van der Waals surface area contributed by atoms with Crippen molar-refractivity contribution in [1.29, 1.82) is 0 Å². The topological polar surface area (TPSA) is 44.8 Å². The molecule has 1 saturated heterocycles. The van der Waals surface area contributed by atoms with Gasteiger partial charge in [0.1, 0.15) is 6.10 Å². The second kappa shape index (κ2) is 6.19. The SMILES string of the molecule is CC(=O)O[C@H]1CC[C@@]2(C)[C@@H](CC[C@@H]3[C@@H]2CC[C@@]2(C)[C@H]3CCC23OCCO3)C1. The molecule has 0 N–H and O–H groups in total. The highest BCUT2D eigenvalue weighted by atomic mass is 16.7. The Morgan fingerprint density at radius 1 is 0.926 bits per heavy atom. The van der Waals surface area contributed by atoms with E-state index < -0.39 is 0 Å². The quantitative estimate of drug-likeness (QED) is 0.622. The summed E-state index contributed by atoms with van der Waals surface area (Å²) in [5, 5.41) is 0. The van der Waals surface area contributed by atoms with E-state index >= 15 is 0 Å². The highest BCUT2D eigenvalue weighted by Gasteiger charge is 2.67. The lowest BCUT2D eigenvalue weighted by Crippen LogP contribution is -2.57. The van der Waals surface area contributed by atoms with E-state index in [9.17, 15) is 4.79 Å². The molecule has 0 aromatic rings. The van der Waals surface area contributed by atoms with Crippen molar-refractivity contribution in [2.75, 3.05) is 13.2 Å². The monoisotopic (exact) mass is 376 g/mol. The number of ether oxygens (including phenoxy) is 3. The lowest BCUT2D eigenvalue weighted by atomic mass is 9.45. The third kappa shape index (κ3) is 2.51. The fourth-order valence-electron chi connectivity index (χ4n) is 8.45. The van der Waals surface area contributed by atoms with E-state index in [1.807, 2.05) is 0 Å². The van der Waals surface area contributed by atoms with Crippen LogP contribution in [0.5, 0.6) is 0 Å². The smallest absolute Gasteiger partial charge is 0.302 e. The standard InChI is InChI=1S/C23H36O4/c1-15(24)27-17-6-9-21(2)16(14-17)4-5-18-19(21)7-10-22(3)20(18)8-11-23(22)25-12-13-26-23/h16-20H,4-14H2,1-3H3/t16-,17-,18+,19-,20-,21-,22-/m0/s1. The van der Waals surface area contributed by atoms with Crippen LogP contribution in [0.15, 0.2) is 0 Å². The lowest BCUT2D eigenvalue weighted by molar-refractivity contribution is -0.248. The molecule has 4 saturated carbocycles. The van der Waals surface area contributed by atoms with Crippen LogP contribution < -0.4 is 0 Å². The van der Waals surface area contributed by atoms with Gasteiger partial charge in [0.05, 0.1) is 13.2 Å². The molecule has 0 unspecified atom stereocenters. The fraction of sp³-hybridized carbons (Fsp3) is 0.957. The Labute approximate surface area is 163 Å². The minimum Gasteiger partial charge on any atom is -0.463 e. The molecule has 5 rings (SSSR count). The first-order valence-corrected chi connectivity index (χ1v) is 11.3. The van der Waals surface area contributed by atoms with Gasteiger partial charge in [-0.3, -0.25) is 4.79 Å². The number of fused-ring (bicyclic) bond motifs is 6. The van der Waals surface area contributed by atoms with Crippen molar-refractivity contribution in [3.05, 3.63) is 0 Å². The normalized spacial score (nSPS) is 50.7. The Morgan fingerprint density at radius 2 is 1.67 bits per heavy atom. The Hall–Kier alpha value is -0.610. The molecule has 5 fully saturated rings. The van der Waals surface area contributed by atoms with Crippen LogP contribution in [0.25, 0.3) is 0 Å². The van der Waals surface area contributed by atoms with Gasteiger partial charge in [-0.25, -0.2) is 0 Å². The van der Waals surface area contributed by atoms with E-state index in [0.717, 1.165) is 56.1 Å². The molecule has 0 amide bonds. The third-order valence-electron chi connectivity index (χ3n) is 9.75. The molecule has 1 spiro atoms. The van der Waals surface area contributed by atoms with Crippen molar-refractivity contribution in [2.45, 2.75) is 90.4 Å². The zero-order valence-corrected chi connectivity index (χ0v) is 17.3. The Morgan fingerprint density at radius 3 is 2.41 bits per heavy atom. The molecule has 0 aromatic carbocycles. The van der Waals surface area contributed by atoms with E-state index in [2.05, 4.69) is 13.8 Å². The Bertz CT molecular complexity index is 611. The summed E-state index contributed by atoms with van der Waals surface area (Å²) < 4.78 is 18.1. The zero-order valence-electron chi connectivity index (χ0n) is 17.3. The third-order valence-corrected chi connectivity index (χ3v) is 9.75. The number of esters is 1. The summed E-state index contributed by atoms with van der Waals surface area (Å²) in [5.74, 6) is 2.71. The van der Waals surface area contributed by atoms with Crippen molar-refractivity contribution in [1.82, 2.24) is 0 Å². The van der Waals surface area contributed by atoms with Crippen LogP contribution in [-0.4, -0.2) is 31.1 Å². The molecule has 27 heavy (non-hydrogen) atoms. The Kier molecular flexibility index (Phi) is 4.22. The molecule has 1 heterocycles. The van der Waals surface area contributed by atoms with E-state index in [-0.39, 0.29) is 23.3 Å². The van der Waals surface area contributed by atoms with Gasteiger partial charge in [-0.05, 0) is 80.5 Å². The molecule has 0 radical (unpaired) electrons. The van der Waals surface area contributed by atoms with Gasteiger partial charge in [-0.2, -0.15) is 0 Å². The molecular weight excluding hydrogens is 340 g/mol. The van der Waals surface area contributed by atoms with E-state index in [1.54, 1.807) is 6.92 Å². The summed E-state index contributed by atoms with van der Waals surface area (Å²) >= 11 is 0. The van der Waals surface area contributed by atoms with Gasteiger partial charge in [0.25, 0.3) is 0 Å². The van der Waals surface area contributed by atoms with Gasteiger partial charge in [0.2, 0.25) is 0 Å². The van der Waals surface area contributed by atoms with Crippen molar-refractivity contribution < 1.29 is 19.0 Å². The predicted molar refractivity (Wildman–Crippen MR) is 102 cm³/mol. The second-order valence-corrected chi connectivity index (χ2v) is 10.6. The maximum absolute atomic E-state index is 11.4. The van der Waals surface area contributed by atoms with Gasteiger partial charge in [0, 0.05) is 18.8 Å².